The van der Waals surface area contributed by atoms with Gasteiger partial charge in [-0.05, 0) is 32.2 Å². The van der Waals surface area contributed by atoms with Crippen LogP contribution in [0.4, 0.5) is 9.18 Å². The lowest BCUT2D eigenvalue weighted by molar-refractivity contribution is 0.0511. The lowest BCUT2D eigenvalue weighted by Gasteiger charge is -2.31. The summed E-state index contributed by atoms with van der Waals surface area (Å²) in [6.45, 7) is 4.83. The van der Waals surface area contributed by atoms with Gasteiger partial charge in [-0.3, -0.25) is 0 Å². The van der Waals surface area contributed by atoms with Gasteiger partial charge in [0.05, 0.1) is 11.6 Å². The highest BCUT2D eigenvalue weighted by molar-refractivity contribution is 7.98. The van der Waals surface area contributed by atoms with Crippen LogP contribution in [0.5, 0.6) is 5.88 Å². The van der Waals surface area contributed by atoms with E-state index in [0.717, 1.165) is 15.2 Å². The fourth-order valence-corrected chi connectivity index (χ4v) is 4.91. The van der Waals surface area contributed by atoms with E-state index >= 15 is 0 Å². The molecule has 11 heteroatoms. The first-order valence-electron chi connectivity index (χ1n) is 10.1. The maximum Gasteiger partial charge on any atom is 0.410 e. The van der Waals surface area contributed by atoms with Crippen LogP contribution in [0.15, 0.2) is 34.8 Å². The molecule has 0 unspecified atom stereocenters. The SMILES string of the molecule is CSc1ccc(-c2csc3c(OC4CCN(C(=O)OC(C)C)CC4)ncnc23)c(F)c1.O.O. The van der Waals surface area contributed by atoms with Gasteiger partial charge in [-0.1, -0.05) is 6.07 Å². The number of rotatable bonds is 5. The maximum atomic E-state index is 14.7. The van der Waals surface area contributed by atoms with E-state index in [2.05, 4.69) is 9.97 Å². The van der Waals surface area contributed by atoms with Crippen molar-refractivity contribution in [2.75, 3.05) is 19.3 Å². The standard InChI is InChI=1S/C22H24FN3O3S2.2H2O/c1-13(2)28-22(27)26-8-6-14(7-9-26)29-21-20-19(24-12-25-21)17(11-31-20)16-5-4-15(30-3)10-18(16)23;;/h4-5,10-14H,6-9H2,1-3H3;2*1H2. The van der Waals surface area contributed by atoms with Crippen molar-refractivity contribution in [2.45, 2.75) is 43.8 Å². The van der Waals surface area contributed by atoms with Crippen LogP contribution in [0.25, 0.3) is 21.3 Å². The monoisotopic (exact) mass is 497 g/mol. The minimum atomic E-state index is -0.282. The number of halogens is 1. The minimum Gasteiger partial charge on any atom is -0.473 e. The predicted octanol–water partition coefficient (Wildman–Crippen LogP) is 3.96. The number of aromatic nitrogens is 2. The summed E-state index contributed by atoms with van der Waals surface area (Å²) in [5, 5.41) is 1.90. The molecule has 3 heterocycles. The molecule has 0 spiro atoms. The molecule has 0 radical (unpaired) electrons. The number of likely N-dealkylation sites (tertiary alicyclic amines) is 1. The van der Waals surface area contributed by atoms with Gasteiger partial charge < -0.3 is 25.3 Å². The third-order valence-corrected chi connectivity index (χ3v) is 6.78. The molecule has 0 atom stereocenters. The van der Waals surface area contributed by atoms with Crippen molar-refractivity contribution in [2.24, 2.45) is 0 Å². The number of carbonyl (C=O) groups excluding carboxylic acids is 1. The van der Waals surface area contributed by atoms with Crippen molar-refractivity contribution >= 4 is 39.4 Å². The number of hydrogen-bond donors (Lipinski definition) is 0. The second-order valence-corrected chi connectivity index (χ2v) is 9.35. The number of thioether (sulfide) groups is 1. The number of nitrogens with zero attached hydrogens (tertiary/aromatic N) is 3. The van der Waals surface area contributed by atoms with Crippen LogP contribution in [0, 0.1) is 5.82 Å². The van der Waals surface area contributed by atoms with E-state index in [0.29, 0.717) is 42.9 Å². The van der Waals surface area contributed by atoms with E-state index in [1.807, 2.05) is 31.5 Å². The average molecular weight is 498 g/mol. The Hall–Kier alpha value is -2.47. The zero-order valence-corrected chi connectivity index (χ0v) is 20.3. The quantitative estimate of drug-likeness (QED) is 0.491. The molecule has 0 aliphatic carbocycles. The maximum absolute atomic E-state index is 14.7. The summed E-state index contributed by atoms with van der Waals surface area (Å²) >= 11 is 2.95. The molecule has 8 nitrogen and oxygen atoms in total. The molecule has 1 amide bonds. The molecular weight excluding hydrogens is 469 g/mol. The molecule has 0 bridgehead atoms. The third-order valence-electron chi connectivity index (χ3n) is 5.10. The van der Waals surface area contributed by atoms with Crippen LogP contribution in [-0.2, 0) is 4.74 Å². The van der Waals surface area contributed by atoms with Crippen LogP contribution in [0.3, 0.4) is 0 Å². The molecule has 1 aliphatic heterocycles. The number of hydrogen-bond acceptors (Lipinski definition) is 7. The number of amides is 1. The Bertz CT molecular complexity index is 1090. The number of thiophene rings is 1. The van der Waals surface area contributed by atoms with E-state index in [-0.39, 0.29) is 35.1 Å². The molecule has 1 aromatic carbocycles. The summed E-state index contributed by atoms with van der Waals surface area (Å²) in [4.78, 5) is 23.4. The first kappa shape index (κ1) is 26.8. The molecule has 4 rings (SSSR count). The second kappa shape index (κ2) is 11.6. The number of ether oxygens (including phenoxy) is 2. The highest BCUT2D eigenvalue weighted by Crippen LogP contribution is 2.38. The van der Waals surface area contributed by atoms with Gasteiger partial charge in [0.25, 0.3) is 0 Å². The average Bonchev–Trinajstić information content (AvgIpc) is 3.18. The summed E-state index contributed by atoms with van der Waals surface area (Å²) in [5.41, 5.74) is 1.94. The summed E-state index contributed by atoms with van der Waals surface area (Å²) < 4.78 is 26.9. The highest BCUT2D eigenvalue weighted by atomic mass is 32.2. The molecule has 1 aliphatic rings. The van der Waals surface area contributed by atoms with E-state index < -0.39 is 0 Å². The van der Waals surface area contributed by atoms with Crippen molar-refractivity contribution in [1.82, 2.24) is 14.9 Å². The van der Waals surface area contributed by atoms with Crippen LogP contribution in [-0.4, -0.2) is 63.5 Å². The Labute approximate surface area is 199 Å². The third kappa shape index (κ3) is 5.91. The zero-order valence-electron chi connectivity index (χ0n) is 18.6. The Balaban J connectivity index is 0.00000193. The summed E-state index contributed by atoms with van der Waals surface area (Å²) in [6.07, 6.45) is 4.30. The summed E-state index contributed by atoms with van der Waals surface area (Å²) in [7, 11) is 0. The van der Waals surface area contributed by atoms with E-state index in [9.17, 15) is 9.18 Å². The van der Waals surface area contributed by atoms with Gasteiger partial charge in [0.2, 0.25) is 5.88 Å². The van der Waals surface area contributed by atoms with E-state index in [4.69, 9.17) is 9.47 Å². The molecular formula is C22H28FN3O5S2. The minimum absolute atomic E-state index is 0. The van der Waals surface area contributed by atoms with Crippen LogP contribution in [0.1, 0.15) is 26.7 Å². The fourth-order valence-electron chi connectivity index (χ4n) is 3.54. The van der Waals surface area contributed by atoms with Gasteiger partial charge >= 0.3 is 6.09 Å². The first-order valence-corrected chi connectivity index (χ1v) is 12.2. The fraction of sp³-hybridized carbons (Fsp3) is 0.409. The molecule has 3 aromatic rings. The van der Waals surface area contributed by atoms with Crippen molar-refractivity contribution in [3.8, 4) is 17.0 Å². The van der Waals surface area contributed by atoms with Crippen LogP contribution < -0.4 is 4.74 Å². The van der Waals surface area contributed by atoms with Gasteiger partial charge in [0.1, 0.15) is 22.9 Å². The largest absolute Gasteiger partial charge is 0.473 e. The topological polar surface area (TPSA) is 128 Å². The molecule has 0 saturated carbocycles. The van der Waals surface area contributed by atoms with Gasteiger partial charge in [0.15, 0.2) is 0 Å². The van der Waals surface area contributed by atoms with Crippen molar-refractivity contribution in [1.29, 1.82) is 0 Å². The van der Waals surface area contributed by atoms with E-state index in [1.54, 1.807) is 17.0 Å². The molecule has 4 N–H and O–H groups in total. The Morgan fingerprint density at radius 2 is 1.94 bits per heavy atom. The number of piperidine rings is 1. The van der Waals surface area contributed by atoms with Crippen molar-refractivity contribution in [3.63, 3.8) is 0 Å². The van der Waals surface area contributed by atoms with E-state index in [1.165, 1.54) is 29.4 Å². The summed E-state index contributed by atoms with van der Waals surface area (Å²) in [6, 6.07) is 5.24. The molecule has 2 aromatic heterocycles. The lowest BCUT2D eigenvalue weighted by atomic mass is 10.1. The normalized spacial score (nSPS) is 14.0. The molecule has 33 heavy (non-hydrogen) atoms. The Morgan fingerprint density at radius 1 is 1.21 bits per heavy atom. The summed E-state index contributed by atoms with van der Waals surface area (Å²) in [5.74, 6) is 0.235. The lowest BCUT2D eigenvalue weighted by Crippen LogP contribution is -2.42. The molecule has 1 fully saturated rings. The van der Waals surface area contributed by atoms with Gasteiger partial charge in [-0.2, -0.15) is 0 Å². The predicted molar refractivity (Wildman–Crippen MR) is 129 cm³/mol. The smallest absolute Gasteiger partial charge is 0.410 e. The number of benzene rings is 1. The van der Waals surface area contributed by atoms with Gasteiger partial charge in [-0.15, -0.1) is 23.1 Å². The number of fused-ring (bicyclic) bond motifs is 1. The van der Waals surface area contributed by atoms with Crippen molar-refractivity contribution in [3.05, 3.63) is 35.7 Å². The zero-order chi connectivity index (χ0) is 22.0. The first-order chi connectivity index (χ1) is 15.0. The molecule has 180 valence electrons. The van der Waals surface area contributed by atoms with Crippen LogP contribution >= 0.6 is 23.1 Å². The van der Waals surface area contributed by atoms with Crippen molar-refractivity contribution < 1.29 is 29.6 Å². The highest BCUT2D eigenvalue weighted by Gasteiger charge is 2.26. The second-order valence-electron chi connectivity index (χ2n) is 7.59. The Morgan fingerprint density at radius 3 is 2.58 bits per heavy atom. The van der Waals surface area contributed by atoms with Gasteiger partial charge in [0, 0.05) is 47.3 Å². The van der Waals surface area contributed by atoms with Crippen LogP contribution in [0.2, 0.25) is 0 Å². The number of carbonyl (C=O) groups is 1. The van der Waals surface area contributed by atoms with Gasteiger partial charge in [-0.25, -0.2) is 19.2 Å². The Kier molecular flexibility index (Phi) is 9.41. The molecule has 1 saturated heterocycles.